The lowest BCUT2D eigenvalue weighted by Crippen LogP contribution is -2.45. The quantitative estimate of drug-likeness (QED) is 0.844. The highest BCUT2D eigenvalue weighted by Crippen LogP contribution is 2.38. The van der Waals surface area contributed by atoms with Gasteiger partial charge in [0.05, 0.1) is 12.5 Å². The molecule has 1 amide bonds. The average Bonchev–Trinajstić information content (AvgIpc) is 2.68. The Hall–Kier alpha value is -2.86. The van der Waals surface area contributed by atoms with Crippen LogP contribution in [0.25, 0.3) is 0 Å². The number of hydrogen-bond acceptors (Lipinski definition) is 4. The molecule has 1 aliphatic heterocycles. The number of rotatable bonds is 5. The molecule has 1 fully saturated rings. The number of carbonyl (C=O) groups is 2. The fourth-order valence-corrected chi connectivity index (χ4v) is 3.64. The third-order valence-electron chi connectivity index (χ3n) is 5.13. The lowest BCUT2D eigenvalue weighted by atomic mass is 9.71. The summed E-state index contributed by atoms with van der Waals surface area (Å²) in [5.41, 5.74) is 1.94. The molecule has 2 N–H and O–H groups in total. The first-order chi connectivity index (χ1) is 13.0. The molecular formula is C21H23NO5. The van der Waals surface area contributed by atoms with Crippen LogP contribution in [-0.4, -0.2) is 37.3 Å². The van der Waals surface area contributed by atoms with Crippen molar-refractivity contribution >= 4 is 17.6 Å². The molecule has 0 aromatic heterocycles. The Balaban J connectivity index is 1.94. The standard InChI is InChI=1S/C21H23NO5/c1-14-5-3-4-6-17(14)21(9-11-27-12-10-21)20(25)22-15-7-8-16(19(23)24)18(13-15)26-2/h3-8,13H,9-12H2,1-2H3,(H,22,25)(H,23,24). The van der Waals surface area contributed by atoms with E-state index in [1.807, 2.05) is 31.2 Å². The van der Waals surface area contributed by atoms with E-state index in [1.165, 1.54) is 19.2 Å². The van der Waals surface area contributed by atoms with Gasteiger partial charge in [0.1, 0.15) is 11.3 Å². The molecule has 27 heavy (non-hydrogen) atoms. The van der Waals surface area contributed by atoms with Gasteiger partial charge in [0.25, 0.3) is 0 Å². The highest BCUT2D eigenvalue weighted by Gasteiger charge is 2.42. The van der Waals surface area contributed by atoms with Crippen LogP contribution >= 0.6 is 0 Å². The Morgan fingerprint density at radius 1 is 1.15 bits per heavy atom. The SMILES string of the molecule is COc1cc(NC(=O)C2(c3ccccc3C)CCOCC2)ccc1C(=O)O. The summed E-state index contributed by atoms with van der Waals surface area (Å²) in [6, 6.07) is 12.4. The van der Waals surface area contributed by atoms with Crippen molar-refractivity contribution in [3.05, 3.63) is 59.2 Å². The van der Waals surface area contributed by atoms with Gasteiger partial charge in [0, 0.05) is 25.0 Å². The fraction of sp³-hybridized carbons (Fsp3) is 0.333. The molecule has 1 aliphatic rings. The van der Waals surface area contributed by atoms with Gasteiger partial charge in [-0.1, -0.05) is 24.3 Å². The molecule has 1 saturated heterocycles. The maximum atomic E-state index is 13.3. The fourth-order valence-electron chi connectivity index (χ4n) is 3.64. The van der Waals surface area contributed by atoms with Crippen LogP contribution in [0.1, 0.15) is 34.3 Å². The first-order valence-electron chi connectivity index (χ1n) is 8.84. The van der Waals surface area contributed by atoms with E-state index in [1.54, 1.807) is 6.07 Å². The van der Waals surface area contributed by atoms with Crippen molar-refractivity contribution < 1.29 is 24.2 Å². The van der Waals surface area contributed by atoms with Crippen LogP contribution in [0.3, 0.4) is 0 Å². The largest absolute Gasteiger partial charge is 0.496 e. The Bertz CT molecular complexity index is 855. The van der Waals surface area contributed by atoms with E-state index in [0.29, 0.717) is 31.7 Å². The Labute approximate surface area is 158 Å². The Kier molecular flexibility index (Phi) is 5.46. The normalized spacial score (nSPS) is 15.8. The minimum Gasteiger partial charge on any atom is -0.496 e. The van der Waals surface area contributed by atoms with E-state index in [4.69, 9.17) is 9.47 Å². The number of anilines is 1. The van der Waals surface area contributed by atoms with Crippen molar-refractivity contribution in [3.63, 3.8) is 0 Å². The molecule has 0 radical (unpaired) electrons. The van der Waals surface area contributed by atoms with E-state index >= 15 is 0 Å². The van der Waals surface area contributed by atoms with Crippen molar-refractivity contribution in [1.82, 2.24) is 0 Å². The van der Waals surface area contributed by atoms with Crippen molar-refractivity contribution in [1.29, 1.82) is 0 Å². The van der Waals surface area contributed by atoms with Gasteiger partial charge < -0.3 is 19.9 Å². The van der Waals surface area contributed by atoms with Crippen LogP contribution in [0.4, 0.5) is 5.69 Å². The van der Waals surface area contributed by atoms with Gasteiger partial charge in [0.15, 0.2) is 0 Å². The second kappa shape index (κ2) is 7.80. The lowest BCUT2D eigenvalue weighted by molar-refractivity contribution is -0.125. The zero-order chi connectivity index (χ0) is 19.4. The van der Waals surface area contributed by atoms with Crippen LogP contribution in [0.15, 0.2) is 42.5 Å². The zero-order valence-electron chi connectivity index (χ0n) is 15.5. The molecular weight excluding hydrogens is 346 g/mol. The van der Waals surface area contributed by atoms with Crippen molar-refractivity contribution in [2.45, 2.75) is 25.2 Å². The second-order valence-electron chi connectivity index (χ2n) is 6.68. The average molecular weight is 369 g/mol. The van der Waals surface area contributed by atoms with Gasteiger partial charge in [-0.2, -0.15) is 0 Å². The topological polar surface area (TPSA) is 84.9 Å². The number of hydrogen-bond donors (Lipinski definition) is 2. The zero-order valence-corrected chi connectivity index (χ0v) is 15.5. The van der Waals surface area contributed by atoms with E-state index in [0.717, 1.165) is 11.1 Å². The number of carboxylic acids is 1. The highest BCUT2D eigenvalue weighted by molar-refractivity contribution is 6.00. The molecule has 142 valence electrons. The molecule has 0 bridgehead atoms. The van der Waals surface area contributed by atoms with Gasteiger partial charge in [0.2, 0.25) is 5.91 Å². The van der Waals surface area contributed by atoms with Gasteiger partial charge in [-0.15, -0.1) is 0 Å². The molecule has 2 aromatic carbocycles. The van der Waals surface area contributed by atoms with Crippen LogP contribution in [0, 0.1) is 6.92 Å². The number of aromatic carboxylic acids is 1. The van der Waals surface area contributed by atoms with Crippen molar-refractivity contribution in [3.8, 4) is 5.75 Å². The summed E-state index contributed by atoms with van der Waals surface area (Å²) >= 11 is 0. The minimum atomic E-state index is -1.08. The number of ether oxygens (including phenoxy) is 2. The van der Waals surface area contributed by atoms with E-state index in [2.05, 4.69) is 5.32 Å². The number of benzene rings is 2. The van der Waals surface area contributed by atoms with E-state index in [9.17, 15) is 14.7 Å². The van der Waals surface area contributed by atoms with E-state index in [-0.39, 0.29) is 17.2 Å². The number of amides is 1. The number of carbonyl (C=O) groups excluding carboxylic acids is 1. The summed E-state index contributed by atoms with van der Waals surface area (Å²) in [4.78, 5) is 24.6. The third kappa shape index (κ3) is 3.66. The molecule has 0 atom stereocenters. The van der Waals surface area contributed by atoms with Gasteiger partial charge >= 0.3 is 5.97 Å². The summed E-state index contributed by atoms with van der Waals surface area (Å²) in [6.45, 7) is 3.04. The molecule has 0 unspecified atom stereocenters. The third-order valence-corrected chi connectivity index (χ3v) is 5.13. The maximum Gasteiger partial charge on any atom is 0.339 e. The Morgan fingerprint density at radius 2 is 1.85 bits per heavy atom. The molecule has 0 saturated carbocycles. The first kappa shape index (κ1) is 18.9. The summed E-state index contributed by atoms with van der Waals surface area (Å²) in [5.74, 6) is -0.993. The van der Waals surface area contributed by atoms with Crippen LogP contribution in [-0.2, 0) is 14.9 Å². The molecule has 0 aliphatic carbocycles. The smallest absolute Gasteiger partial charge is 0.339 e. The van der Waals surface area contributed by atoms with Crippen LogP contribution in [0.2, 0.25) is 0 Å². The second-order valence-corrected chi connectivity index (χ2v) is 6.68. The lowest BCUT2D eigenvalue weighted by Gasteiger charge is -2.37. The maximum absolute atomic E-state index is 13.3. The van der Waals surface area contributed by atoms with Crippen LogP contribution < -0.4 is 10.1 Å². The monoisotopic (exact) mass is 369 g/mol. The van der Waals surface area contributed by atoms with Crippen molar-refractivity contribution in [2.24, 2.45) is 0 Å². The summed E-state index contributed by atoms with van der Waals surface area (Å²) in [6.07, 6.45) is 1.18. The number of nitrogens with one attached hydrogen (secondary N) is 1. The van der Waals surface area contributed by atoms with Gasteiger partial charge in [-0.25, -0.2) is 4.79 Å². The number of aryl methyl sites for hydroxylation is 1. The molecule has 3 rings (SSSR count). The molecule has 1 heterocycles. The number of methoxy groups -OCH3 is 1. The van der Waals surface area contributed by atoms with Crippen molar-refractivity contribution in [2.75, 3.05) is 25.6 Å². The first-order valence-corrected chi connectivity index (χ1v) is 8.84. The molecule has 0 spiro atoms. The van der Waals surface area contributed by atoms with E-state index < -0.39 is 11.4 Å². The van der Waals surface area contributed by atoms with Gasteiger partial charge in [-0.05, 0) is 43.0 Å². The number of carboxylic acid groups (broad SMARTS) is 1. The molecule has 6 heteroatoms. The minimum absolute atomic E-state index is 0.0511. The predicted molar refractivity (Wildman–Crippen MR) is 101 cm³/mol. The highest BCUT2D eigenvalue weighted by atomic mass is 16.5. The summed E-state index contributed by atoms with van der Waals surface area (Å²) in [7, 11) is 1.40. The summed E-state index contributed by atoms with van der Waals surface area (Å²) < 4.78 is 10.7. The Morgan fingerprint density at radius 3 is 2.48 bits per heavy atom. The van der Waals surface area contributed by atoms with Gasteiger partial charge in [-0.3, -0.25) is 4.79 Å². The summed E-state index contributed by atoms with van der Waals surface area (Å²) in [5, 5.41) is 12.2. The molecule has 6 nitrogen and oxygen atoms in total. The van der Waals surface area contributed by atoms with Crippen LogP contribution in [0.5, 0.6) is 5.75 Å². The predicted octanol–water partition coefficient (Wildman–Crippen LogP) is 3.39. The molecule has 2 aromatic rings.